The van der Waals surface area contributed by atoms with Crippen molar-refractivity contribution in [3.05, 3.63) is 16.3 Å². The largest absolute Gasteiger partial charge is 0.358 e. The first-order valence-electron chi connectivity index (χ1n) is 5.86. The van der Waals surface area contributed by atoms with Crippen LogP contribution in [-0.4, -0.2) is 15.9 Å². The summed E-state index contributed by atoms with van der Waals surface area (Å²) < 4.78 is 0. The van der Waals surface area contributed by atoms with Crippen molar-refractivity contribution in [2.45, 2.75) is 45.6 Å². The van der Waals surface area contributed by atoms with Crippen LogP contribution in [0.3, 0.4) is 0 Å². The first-order valence-corrected chi connectivity index (χ1v) is 6.67. The van der Waals surface area contributed by atoms with Gasteiger partial charge in [0, 0.05) is 6.04 Å². The van der Waals surface area contributed by atoms with E-state index in [1.54, 1.807) is 0 Å². The second kappa shape index (κ2) is 4.60. The smallest absolute Gasteiger partial charge is 0.345 e. The number of nitrogens with one attached hydrogen (secondary N) is 1. The molecule has 5 nitrogen and oxygen atoms in total. The molecule has 0 bridgehead atoms. The number of thiazole rings is 1. The molecule has 94 valence electrons. The number of hydrogen-bond acceptors (Lipinski definition) is 5. The quantitative estimate of drug-likeness (QED) is 0.663. The van der Waals surface area contributed by atoms with Crippen molar-refractivity contribution < 1.29 is 4.92 Å². The fraction of sp³-hybridized carbons (Fsp3) is 0.727. The van der Waals surface area contributed by atoms with Gasteiger partial charge in [0.15, 0.2) is 5.13 Å². The van der Waals surface area contributed by atoms with E-state index in [1.165, 1.54) is 25.5 Å². The summed E-state index contributed by atoms with van der Waals surface area (Å²) in [6.45, 7) is 4.48. The topological polar surface area (TPSA) is 68.1 Å². The van der Waals surface area contributed by atoms with Crippen molar-refractivity contribution in [3.63, 3.8) is 0 Å². The van der Waals surface area contributed by atoms with E-state index in [-0.39, 0.29) is 10.4 Å². The van der Waals surface area contributed by atoms with Crippen LogP contribution in [0.15, 0.2) is 6.20 Å². The highest BCUT2D eigenvalue weighted by molar-refractivity contribution is 7.18. The van der Waals surface area contributed by atoms with Crippen molar-refractivity contribution in [2.24, 2.45) is 5.41 Å². The molecule has 2 rings (SSSR count). The molecule has 0 aliphatic heterocycles. The van der Waals surface area contributed by atoms with Crippen LogP contribution in [0.4, 0.5) is 10.1 Å². The zero-order valence-electron chi connectivity index (χ0n) is 10.1. The summed E-state index contributed by atoms with van der Waals surface area (Å²) in [5.74, 6) is 0. The third-order valence-corrected chi connectivity index (χ3v) is 4.36. The van der Waals surface area contributed by atoms with Crippen molar-refractivity contribution in [1.82, 2.24) is 4.98 Å². The van der Waals surface area contributed by atoms with Crippen molar-refractivity contribution in [2.75, 3.05) is 5.32 Å². The van der Waals surface area contributed by atoms with Crippen LogP contribution in [0.1, 0.15) is 39.5 Å². The van der Waals surface area contributed by atoms with Gasteiger partial charge >= 0.3 is 5.00 Å². The fourth-order valence-electron chi connectivity index (χ4n) is 2.33. The highest BCUT2D eigenvalue weighted by Gasteiger charge is 2.32. The molecule has 1 N–H and O–H groups in total. The highest BCUT2D eigenvalue weighted by atomic mass is 32.1. The molecule has 1 aromatic rings. The minimum absolute atomic E-state index is 0.0983. The molecule has 0 spiro atoms. The molecule has 1 aliphatic carbocycles. The van der Waals surface area contributed by atoms with Crippen LogP contribution in [0.2, 0.25) is 0 Å². The maximum absolute atomic E-state index is 10.6. The van der Waals surface area contributed by atoms with Crippen LogP contribution in [0, 0.1) is 15.5 Å². The van der Waals surface area contributed by atoms with Crippen molar-refractivity contribution >= 4 is 21.5 Å². The molecule has 0 amide bonds. The molecule has 6 heteroatoms. The van der Waals surface area contributed by atoms with Gasteiger partial charge in [-0.05, 0) is 29.6 Å². The Morgan fingerprint density at radius 3 is 2.94 bits per heavy atom. The van der Waals surface area contributed by atoms with E-state index in [2.05, 4.69) is 24.1 Å². The molecule has 17 heavy (non-hydrogen) atoms. The molecule has 0 radical (unpaired) electrons. The van der Waals surface area contributed by atoms with E-state index in [0.717, 1.165) is 17.8 Å². The monoisotopic (exact) mass is 255 g/mol. The van der Waals surface area contributed by atoms with Gasteiger partial charge in [0.1, 0.15) is 6.20 Å². The molecule has 0 saturated heterocycles. The predicted molar refractivity (Wildman–Crippen MR) is 68.4 cm³/mol. The average Bonchev–Trinajstić information content (AvgIpc) is 2.70. The Kier molecular flexibility index (Phi) is 3.33. The average molecular weight is 255 g/mol. The van der Waals surface area contributed by atoms with Crippen molar-refractivity contribution in [3.8, 4) is 0 Å². The second-order valence-electron chi connectivity index (χ2n) is 5.19. The van der Waals surface area contributed by atoms with Gasteiger partial charge < -0.3 is 5.32 Å². The van der Waals surface area contributed by atoms with Gasteiger partial charge in [-0.25, -0.2) is 4.98 Å². The third kappa shape index (κ3) is 2.74. The summed E-state index contributed by atoms with van der Waals surface area (Å²) in [5.41, 5.74) is 0.235. The lowest BCUT2D eigenvalue weighted by Crippen LogP contribution is -2.38. The summed E-state index contributed by atoms with van der Waals surface area (Å²) in [7, 11) is 0. The van der Waals surface area contributed by atoms with Gasteiger partial charge in [0.2, 0.25) is 0 Å². The van der Waals surface area contributed by atoms with Gasteiger partial charge in [-0.2, -0.15) is 0 Å². The molecule has 1 atom stereocenters. The van der Waals surface area contributed by atoms with Crippen LogP contribution >= 0.6 is 11.3 Å². The SMILES string of the molecule is CC1(C)CCCCC1Nc1ncc([N+](=O)[O-])s1. The van der Waals surface area contributed by atoms with Crippen molar-refractivity contribution in [1.29, 1.82) is 0 Å². The highest BCUT2D eigenvalue weighted by Crippen LogP contribution is 2.38. The van der Waals surface area contributed by atoms with E-state index in [9.17, 15) is 10.1 Å². The zero-order chi connectivity index (χ0) is 12.5. The van der Waals surface area contributed by atoms with Gasteiger partial charge in [-0.1, -0.05) is 26.7 Å². The Morgan fingerprint density at radius 1 is 1.59 bits per heavy atom. The number of nitro groups is 1. The third-order valence-electron chi connectivity index (χ3n) is 3.48. The van der Waals surface area contributed by atoms with E-state index in [4.69, 9.17) is 0 Å². The molecular formula is C11H17N3O2S. The Morgan fingerprint density at radius 2 is 2.35 bits per heavy atom. The molecule has 1 heterocycles. The van der Waals surface area contributed by atoms with E-state index >= 15 is 0 Å². The number of rotatable bonds is 3. The Hall–Kier alpha value is -1.17. The van der Waals surface area contributed by atoms with Gasteiger partial charge in [0.05, 0.1) is 4.92 Å². The Balaban J connectivity index is 2.06. The maximum Gasteiger partial charge on any atom is 0.345 e. The standard InChI is InChI=1S/C11H17N3O2S/c1-11(2)6-4-3-5-8(11)13-10-12-7-9(17-10)14(15)16/h7-8H,3-6H2,1-2H3,(H,12,13). The number of nitrogens with zero attached hydrogens (tertiary/aromatic N) is 2. The molecule has 1 aromatic heterocycles. The summed E-state index contributed by atoms with van der Waals surface area (Å²) in [4.78, 5) is 14.3. The second-order valence-corrected chi connectivity index (χ2v) is 6.20. The van der Waals surface area contributed by atoms with E-state index < -0.39 is 4.92 Å². The fourth-order valence-corrected chi connectivity index (χ4v) is 3.01. The van der Waals surface area contributed by atoms with Gasteiger partial charge in [-0.15, -0.1) is 0 Å². The molecule has 1 fully saturated rings. The summed E-state index contributed by atoms with van der Waals surface area (Å²) in [6, 6.07) is 0.363. The van der Waals surface area contributed by atoms with E-state index in [0.29, 0.717) is 11.2 Å². The lowest BCUT2D eigenvalue weighted by Gasteiger charge is -2.38. The minimum atomic E-state index is -0.394. The molecular weight excluding hydrogens is 238 g/mol. The van der Waals surface area contributed by atoms with Gasteiger partial charge in [-0.3, -0.25) is 10.1 Å². The van der Waals surface area contributed by atoms with Crippen LogP contribution < -0.4 is 5.32 Å². The van der Waals surface area contributed by atoms with E-state index in [1.807, 2.05) is 0 Å². The number of anilines is 1. The van der Waals surface area contributed by atoms with Gasteiger partial charge in [0.25, 0.3) is 0 Å². The first-order chi connectivity index (χ1) is 7.99. The predicted octanol–water partition coefficient (Wildman–Crippen LogP) is 3.43. The minimum Gasteiger partial charge on any atom is -0.358 e. The van der Waals surface area contributed by atoms with Crippen LogP contribution in [0.25, 0.3) is 0 Å². The normalized spacial score (nSPS) is 23.3. The lowest BCUT2D eigenvalue weighted by atomic mass is 9.73. The summed E-state index contributed by atoms with van der Waals surface area (Å²) in [6.07, 6.45) is 6.11. The molecule has 1 saturated carbocycles. The first kappa shape index (κ1) is 12.3. The number of hydrogen-bond donors (Lipinski definition) is 1. The molecule has 0 aromatic carbocycles. The number of aromatic nitrogens is 1. The zero-order valence-corrected chi connectivity index (χ0v) is 10.9. The maximum atomic E-state index is 10.6. The lowest BCUT2D eigenvalue weighted by molar-refractivity contribution is -0.380. The van der Waals surface area contributed by atoms with Crippen LogP contribution in [-0.2, 0) is 0 Å². The summed E-state index contributed by atoms with van der Waals surface area (Å²) >= 11 is 1.11. The Labute approximate surface area is 104 Å². The summed E-state index contributed by atoms with van der Waals surface area (Å²) in [5, 5.41) is 14.7. The molecule has 1 unspecified atom stereocenters. The van der Waals surface area contributed by atoms with Crippen LogP contribution in [0.5, 0.6) is 0 Å². The molecule has 1 aliphatic rings. The Bertz CT molecular complexity index is 417.